The van der Waals surface area contributed by atoms with Gasteiger partial charge in [0.05, 0.1) is 24.7 Å². The predicted molar refractivity (Wildman–Crippen MR) is 102 cm³/mol. The Labute approximate surface area is 169 Å². The molecule has 0 saturated heterocycles. The molecule has 0 saturated carbocycles. The van der Waals surface area contributed by atoms with Crippen LogP contribution in [0.4, 0.5) is 5.69 Å². The second kappa shape index (κ2) is 8.61. The van der Waals surface area contributed by atoms with E-state index in [1.807, 2.05) is 0 Å². The van der Waals surface area contributed by atoms with Crippen molar-refractivity contribution in [3.8, 4) is 22.8 Å². The number of nitrogens with zero attached hydrogens (tertiary/aromatic N) is 2. The van der Waals surface area contributed by atoms with Crippen LogP contribution in [0, 0.1) is 10.1 Å². The fourth-order valence-corrected chi connectivity index (χ4v) is 2.69. The molecule has 0 radical (unpaired) electrons. The Hall–Kier alpha value is -3.59. The first-order chi connectivity index (χ1) is 13.9. The summed E-state index contributed by atoms with van der Waals surface area (Å²) in [7, 11) is 3.06. The number of hydrogen-bond acceptors (Lipinski definition) is 8. The van der Waals surface area contributed by atoms with Crippen LogP contribution in [0.5, 0.6) is 11.5 Å². The lowest BCUT2D eigenvalue weighted by atomic mass is 10.1. The zero-order chi connectivity index (χ0) is 21.0. The quantitative estimate of drug-likeness (QED) is 0.317. The Morgan fingerprint density at radius 1 is 1.14 bits per heavy atom. The van der Waals surface area contributed by atoms with Gasteiger partial charge in [-0.3, -0.25) is 10.1 Å². The minimum atomic E-state index is -0.750. The highest BCUT2D eigenvalue weighted by Gasteiger charge is 2.18. The summed E-state index contributed by atoms with van der Waals surface area (Å²) >= 11 is 5.74. The van der Waals surface area contributed by atoms with Crippen LogP contribution >= 0.6 is 11.6 Å². The fourth-order valence-electron chi connectivity index (χ4n) is 2.51. The molecule has 0 fully saturated rings. The Kier molecular flexibility index (Phi) is 5.99. The van der Waals surface area contributed by atoms with Crippen molar-refractivity contribution in [2.45, 2.75) is 6.61 Å². The van der Waals surface area contributed by atoms with Crippen LogP contribution in [0.25, 0.3) is 11.3 Å². The van der Waals surface area contributed by atoms with Crippen molar-refractivity contribution in [1.82, 2.24) is 5.16 Å². The average Bonchev–Trinajstić information content (AvgIpc) is 3.20. The van der Waals surface area contributed by atoms with Crippen molar-refractivity contribution in [2.75, 3.05) is 14.2 Å². The monoisotopic (exact) mass is 418 g/mol. The molecule has 9 nitrogen and oxygen atoms in total. The number of halogens is 1. The molecule has 0 unspecified atom stereocenters. The van der Waals surface area contributed by atoms with Gasteiger partial charge in [0.25, 0.3) is 5.69 Å². The van der Waals surface area contributed by atoms with E-state index < -0.39 is 10.9 Å². The molecule has 0 aliphatic carbocycles. The SMILES string of the molecule is COc1ccc(-c2cc(COC(=O)c3ccc(Cl)c([N+](=O)[O-])c3)no2)cc1OC. The summed E-state index contributed by atoms with van der Waals surface area (Å²) in [6, 6.07) is 10.5. The topological polar surface area (TPSA) is 114 Å². The predicted octanol–water partition coefficient (Wildman–Crippen LogP) is 4.28. The van der Waals surface area contributed by atoms with E-state index >= 15 is 0 Å². The van der Waals surface area contributed by atoms with Gasteiger partial charge >= 0.3 is 5.97 Å². The number of methoxy groups -OCH3 is 2. The van der Waals surface area contributed by atoms with E-state index in [9.17, 15) is 14.9 Å². The minimum absolute atomic E-state index is 0.00436. The number of esters is 1. The third kappa shape index (κ3) is 4.46. The fraction of sp³-hybridized carbons (Fsp3) is 0.158. The van der Waals surface area contributed by atoms with Gasteiger partial charge in [-0.05, 0) is 30.3 Å². The molecule has 0 amide bonds. The molecular formula is C19H15ClN2O7. The van der Waals surface area contributed by atoms with Crippen LogP contribution in [-0.4, -0.2) is 30.3 Å². The molecular weight excluding hydrogens is 404 g/mol. The van der Waals surface area contributed by atoms with Gasteiger partial charge in [-0.25, -0.2) is 4.79 Å². The maximum absolute atomic E-state index is 12.2. The molecule has 29 heavy (non-hydrogen) atoms. The summed E-state index contributed by atoms with van der Waals surface area (Å²) in [6.45, 7) is -0.175. The number of nitro benzene ring substituents is 1. The first-order valence-electron chi connectivity index (χ1n) is 8.22. The summed E-state index contributed by atoms with van der Waals surface area (Å²) in [4.78, 5) is 22.4. The average molecular weight is 419 g/mol. The summed E-state index contributed by atoms with van der Waals surface area (Å²) < 4.78 is 20.9. The van der Waals surface area contributed by atoms with Crippen molar-refractivity contribution < 1.29 is 28.5 Å². The number of benzene rings is 2. The maximum atomic E-state index is 12.2. The van der Waals surface area contributed by atoms with Crippen molar-refractivity contribution in [3.63, 3.8) is 0 Å². The first kappa shape index (κ1) is 20.2. The lowest BCUT2D eigenvalue weighted by Crippen LogP contribution is -2.06. The number of aromatic nitrogens is 1. The molecule has 0 N–H and O–H groups in total. The van der Waals surface area contributed by atoms with E-state index in [0.717, 1.165) is 6.07 Å². The van der Waals surface area contributed by atoms with E-state index in [1.54, 1.807) is 24.3 Å². The molecule has 3 rings (SSSR count). The minimum Gasteiger partial charge on any atom is -0.493 e. The molecule has 0 aliphatic rings. The van der Waals surface area contributed by atoms with Crippen LogP contribution < -0.4 is 9.47 Å². The first-order valence-corrected chi connectivity index (χ1v) is 8.59. The number of hydrogen-bond donors (Lipinski definition) is 0. The highest BCUT2D eigenvalue weighted by Crippen LogP contribution is 2.32. The normalized spacial score (nSPS) is 10.4. The molecule has 0 bridgehead atoms. The van der Waals surface area contributed by atoms with Gasteiger partial charge < -0.3 is 18.7 Å². The van der Waals surface area contributed by atoms with Crippen LogP contribution in [0.2, 0.25) is 5.02 Å². The Bertz CT molecular complexity index is 1060. The molecule has 10 heteroatoms. The summed E-state index contributed by atoms with van der Waals surface area (Å²) in [6.07, 6.45) is 0. The largest absolute Gasteiger partial charge is 0.493 e. The zero-order valence-corrected chi connectivity index (χ0v) is 16.1. The molecule has 0 aliphatic heterocycles. The standard InChI is InChI=1S/C19H15ClN2O7/c1-26-16-6-4-11(8-18(16)27-2)17-9-13(21-29-17)10-28-19(23)12-3-5-14(20)15(7-12)22(24)25/h3-9H,10H2,1-2H3. The van der Waals surface area contributed by atoms with Gasteiger partial charge in [0.2, 0.25) is 0 Å². The molecule has 1 aromatic heterocycles. The van der Waals surface area contributed by atoms with E-state index in [4.69, 9.17) is 30.3 Å². The number of carbonyl (C=O) groups is 1. The smallest absolute Gasteiger partial charge is 0.338 e. The summed E-state index contributed by atoms with van der Waals surface area (Å²) in [5, 5.41) is 14.7. The molecule has 2 aromatic carbocycles. The molecule has 1 heterocycles. The zero-order valence-electron chi connectivity index (χ0n) is 15.4. The Morgan fingerprint density at radius 2 is 1.90 bits per heavy atom. The van der Waals surface area contributed by atoms with Crippen molar-refractivity contribution in [1.29, 1.82) is 0 Å². The third-order valence-electron chi connectivity index (χ3n) is 3.96. The van der Waals surface area contributed by atoms with E-state index in [0.29, 0.717) is 28.5 Å². The Morgan fingerprint density at radius 3 is 2.59 bits per heavy atom. The van der Waals surface area contributed by atoms with E-state index in [-0.39, 0.29) is 22.9 Å². The second-order valence-electron chi connectivity index (χ2n) is 5.75. The molecule has 3 aromatic rings. The van der Waals surface area contributed by atoms with E-state index in [2.05, 4.69) is 5.16 Å². The van der Waals surface area contributed by atoms with E-state index in [1.165, 1.54) is 26.4 Å². The van der Waals surface area contributed by atoms with Gasteiger partial charge in [-0.2, -0.15) is 0 Å². The van der Waals surface area contributed by atoms with Gasteiger partial charge in [-0.1, -0.05) is 16.8 Å². The Balaban J connectivity index is 1.70. The van der Waals surface area contributed by atoms with Crippen molar-refractivity contribution in [3.05, 3.63) is 68.9 Å². The second-order valence-corrected chi connectivity index (χ2v) is 6.16. The maximum Gasteiger partial charge on any atom is 0.338 e. The van der Waals surface area contributed by atoms with Crippen LogP contribution in [0.3, 0.4) is 0 Å². The number of rotatable bonds is 7. The van der Waals surface area contributed by atoms with Crippen molar-refractivity contribution >= 4 is 23.3 Å². The van der Waals surface area contributed by atoms with Gasteiger partial charge in [0.15, 0.2) is 17.3 Å². The highest BCUT2D eigenvalue weighted by molar-refractivity contribution is 6.32. The van der Waals surface area contributed by atoms with Gasteiger partial charge in [-0.15, -0.1) is 0 Å². The number of nitro groups is 1. The molecule has 0 spiro atoms. The third-order valence-corrected chi connectivity index (χ3v) is 4.28. The number of carbonyl (C=O) groups excluding carboxylic acids is 1. The highest BCUT2D eigenvalue weighted by atomic mass is 35.5. The molecule has 0 atom stereocenters. The van der Waals surface area contributed by atoms with Gasteiger partial charge in [0, 0.05) is 17.7 Å². The van der Waals surface area contributed by atoms with Gasteiger partial charge in [0.1, 0.15) is 17.3 Å². The van der Waals surface area contributed by atoms with Crippen molar-refractivity contribution in [2.24, 2.45) is 0 Å². The molecule has 150 valence electrons. The lowest BCUT2D eigenvalue weighted by molar-refractivity contribution is -0.384. The van der Waals surface area contributed by atoms with Crippen LogP contribution in [0.1, 0.15) is 16.1 Å². The summed E-state index contributed by atoms with van der Waals surface area (Å²) in [5.41, 5.74) is 0.690. The van der Waals surface area contributed by atoms with Crippen LogP contribution in [0.15, 0.2) is 47.0 Å². The summed E-state index contributed by atoms with van der Waals surface area (Å²) in [5.74, 6) is 0.792. The lowest BCUT2D eigenvalue weighted by Gasteiger charge is -2.07. The van der Waals surface area contributed by atoms with Crippen LogP contribution in [-0.2, 0) is 11.3 Å². The number of ether oxygens (including phenoxy) is 3.